The number of esters is 1. The van der Waals surface area contributed by atoms with Crippen LogP contribution in [0.2, 0.25) is 0 Å². The van der Waals surface area contributed by atoms with Gasteiger partial charge in [0.05, 0.1) is 11.3 Å². The molecule has 0 radical (unpaired) electrons. The summed E-state index contributed by atoms with van der Waals surface area (Å²) in [4.78, 5) is 12.1. The Morgan fingerprint density at radius 1 is 1.00 bits per heavy atom. The Hall–Kier alpha value is -3.61. The van der Waals surface area contributed by atoms with Gasteiger partial charge in [0, 0.05) is 30.3 Å². The van der Waals surface area contributed by atoms with E-state index in [0.717, 1.165) is 45.4 Å². The summed E-state index contributed by atoms with van der Waals surface area (Å²) in [6.45, 7) is 5.93. The zero-order valence-electron chi connectivity index (χ0n) is 21.5. The number of hydrogen-bond donors (Lipinski definition) is 0. The van der Waals surface area contributed by atoms with Crippen LogP contribution in [0.4, 0.5) is 17.6 Å². The Bertz CT molecular complexity index is 1470. The molecule has 198 valence electrons. The predicted octanol–water partition coefficient (Wildman–Crippen LogP) is 8.50. The van der Waals surface area contributed by atoms with Gasteiger partial charge in [-0.1, -0.05) is 44.2 Å². The molecule has 0 saturated heterocycles. The molecule has 0 N–H and O–H groups in total. The molecule has 5 rings (SSSR count). The summed E-state index contributed by atoms with van der Waals surface area (Å²) in [5, 5.41) is 1.02. The van der Waals surface area contributed by atoms with Crippen LogP contribution in [0.3, 0.4) is 0 Å². The molecule has 1 aromatic heterocycles. The van der Waals surface area contributed by atoms with Crippen LogP contribution in [-0.2, 0) is 22.3 Å². The first-order chi connectivity index (χ1) is 18.0. The monoisotopic (exact) mass is 523 g/mol. The summed E-state index contributed by atoms with van der Waals surface area (Å²) in [5.41, 5.74) is 4.92. The summed E-state index contributed by atoms with van der Waals surface area (Å²) >= 11 is 0. The van der Waals surface area contributed by atoms with E-state index in [4.69, 9.17) is 4.74 Å². The zero-order chi connectivity index (χ0) is 27.2. The predicted molar refractivity (Wildman–Crippen MR) is 139 cm³/mol. The number of ether oxygens (including phenoxy) is 1. The van der Waals surface area contributed by atoms with Crippen LogP contribution < -0.4 is 0 Å². The van der Waals surface area contributed by atoms with Crippen LogP contribution in [0.25, 0.3) is 10.9 Å². The van der Waals surface area contributed by atoms with Gasteiger partial charge in [0.2, 0.25) is 0 Å². The fourth-order valence-corrected chi connectivity index (χ4v) is 5.59. The molecule has 38 heavy (non-hydrogen) atoms. The fourth-order valence-electron chi connectivity index (χ4n) is 5.59. The van der Waals surface area contributed by atoms with Gasteiger partial charge in [0.1, 0.15) is 11.9 Å². The van der Waals surface area contributed by atoms with E-state index in [1.807, 2.05) is 6.07 Å². The fraction of sp³-hybridized carbons (Fsp3) is 0.323. The van der Waals surface area contributed by atoms with E-state index in [1.54, 1.807) is 12.1 Å². The summed E-state index contributed by atoms with van der Waals surface area (Å²) in [7, 11) is 0. The molecule has 1 heterocycles. The van der Waals surface area contributed by atoms with Crippen molar-refractivity contribution >= 4 is 16.9 Å². The highest BCUT2D eigenvalue weighted by molar-refractivity contribution is 5.88. The largest absolute Gasteiger partial charge is 0.456 e. The molecule has 0 fully saturated rings. The van der Waals surface area contributed by atoms with Crippen molar-refractivity contribution in [1.29, 1.82) is 0 Å². The molecule has 0 bridgehead atoms. The van der Waals surface area contributed by atoms with Gasteiger partial charge in [-0.05, 0) is 77.4 Å². The minimum Gasteiger partial charge on any atom is -0.456 e. The highest BCUT2D eigenvalue weighted by Crippen LogP contribution is 2.48. The highest BCUT2D eigenvalue weighted by atomic mass is 19.4. The number of fused-ring (bicyclic) bond motifs is 3. The second kappa shape index (κ2) is 9.93. The number of carbonyl (C=O) groups is 1. The lowest BCUT2D eigenvalue weighted by Gasteiger charge is -2.31. The first-order valence-electron chi connectivity index (χ1n) is 12.8. The molecular formula is C31H29F4NO2. The number of benzene rings is 3. The number of aromatic nitrogens is 1. The Kier molecular flexibility index (Phi) is 6.80. The third kappa shape index (κ3) is 4.94. The van der Waals surface area contributed by atoms with Crippen molar-refractivity contribution in [3.05, 3.63) is 106 Å². The van der Waals surface area contributed by atoms with Crippen molar-refractivity contribution < 1.29 is 27.1 Å². The molecule has 2 unspecified atom stereocenters. The molecule has 0 amide bonds. The maximum atomic E-state index is 13.8. The van der Waals surface area contributed by atoms with Gasteiger partial charge in [0.25, 0.3) is 0 Å². The van der Waals surface area contributed by atoms with E-state index in [0.29, 0.717) is 24.9 Å². The second-order valence-corrected chi connectivity index (χ2v) is 10.3. The lowest BCUT2D eigenvalue weighted by Crippen LogP contribution is -2.22. The molecule has 4 aromatic rings. The van der Waals surface area contributed by atoms with Gasteiger partial charge in [0.15, 0.2) is 0 Å². The van der Waals surface area contributed by atoms with Gasteiger partial charge in [-0.15, -0.1) is 0 Å². The Labute approximate surface area is 219 Å². The second-order valence-electron chi connectivity index (χ2n) is 10.3. The van der Waals surface area contributed by atoms with E-state index in [9.17, 15) is 22.4 Å². The number of hydrogen-bond acceptors (Lipinski definition) is 2. The Morgan fingerprint density at radius 3 is 2.29 bits per heavy atom. The summed E-state index contributed by atoms with van der Waals surface area (Å²) in [6, 6.07) is 17.9. The maximum Gasteiger partial charge on any atom is 0.416 e. The van der Waals surface area contributed by atoms with Crippen LogP contribution >= 0.6 is 0 Å². The molecule has 0 saturated carbocycles. The van der Waals surface area contributed by atoms with E-state index >= 15 is 0 Å². The number of carbonyl (C=O) groups excluding carboxylic acids is 1. The topological polar surface area (TPSA) is 31.2 Å². The normalized spacial score (nSPS) is 17.6. The SMILES string of the molecule is CC(=O)OC1CCC(c2ccc(F)cc2)c2c1n(Cc1ccc(C(F)(F)F)cc1)c1ccc(C(C)C)cc21. The average Bonchev–Trinajstić information content (AvgIpc) is 3.18. The van der Waals surface area contributed by atoms with E-state index in [1.165, 1.54) is 31.2 Å². The van der Waals surface area contributed by atoms with Crippen LogP contribution in [0.1, 0.15) is 85.1 Å². The van der Waals surface area contributed by atoms with Crippen LogP contribution in [0.5, 0.6) is 0 Å². The van der Waals surface area contributed by atoms with Gasteiger partial charge in [-0.25, -0.2) is 4.39 Å². The molecule has 1 aliphatic rings. The van der Waals surface area contributed by atoms with E-state index in [2.05, 4.69) is 30.5 Å². The minimum absolute atomic E-state index is 0.0452. The van der Waals surface area contributed by atoms with Crippen LogP contribution in [0, 0.1) is 5.82 Å². The van der Waals surface area contributed by atoms with E-state index < -0.39 is 23.8 Å². The molecular weight excluding hydrogens is 494 g/mol. The van der Waals surface area contributed by atoms with Crippen molar-refractivity contribution in [3.63, 3.8) is 0 Å². The van der Waals surface area contributed by atoms with Crippen molar-refractivity contribution in [3.8, 4) is 0 Å². The first kappa shape index (κ1) is 26.0. The molecule has 3 nitrogen and oxygen atoms in total. The summed E-state index contributed by atoms with van der Waals surface area (Å²) in [6.07, 6.45) is -3.62. The molecule has 7 heteroatoms. The lowest BCUT2D eigenvalue weighted by atomic mass is 9.79. The number of halogens is 4. The summed E-state index contributed by atoms with van der Waals surface area (Å²) in [5.74, 6) is -0.466. The number of alkyl halides is 3. The molecule has 0 aliphatic heterocycles. The van der Waals surface area contributed by atoms with Gasteiger partial charge < -0.3 is 9.30 Å². The van der Waals surface area contributed by atoms with Crippen molar-refractivity contribution in [2.45, 2.75) is 64.3 Å². The Balaban J connectivity index is 1.72. The average molecular weight is 524 g/mol. The van der Waals surface area contributed by atoms with Gasteiger partial charge in [-0.3, -0.25) is 4.79 Å². The quantitative estimate of drug-likeness (QED) is 0.194. The van der Waals surface area contributed by atoms with Crippen LogP contribution in [-0.4, -0.2) is 10.5 Å². The van der Waals surface area contributed by atoms with Gasteiger partial charge in [-0.2, -0.15) is 13.2 Å². The molecule has 0 spiro atoms. The smallest absolute Gasteiger partial charge is 0.416 e. The van der Waals surface area contributed by atoms with Crippen molar-refractivity contribution in [1.82, 2.24) is 4.57 Å². The highest BCUT2D eigenvalue weighted by Gasteiger charge is 2.36. The first-order valence-corrected chi connectivity index (χ1v) is 12.8. The number of rotatable bonds is 5. The molecule has 3 aromatic carbocycles. The summed E-state index contributed by atoms with van der Waals surface area (Å²) < 4.78 is 61.1. The standard InChI is InChI=1S/C31H29F4NO2/c1-18(2)22-8-14-27-26(16-22)29-25(21-6-11-24(32)12-7-21)13-15-28(38-19(3)37)30(29)36(27)17-20-4-9-23(10-5-20)31(33,34)35/h4-12,14,16,18,25,28H,13,15,17H2,1-3H3. The third-order valence-corrected chi connectivity index (χ3v) is 7.41. The van der Waals surface area contributed by atoms with Crippen molar-refractivity contribution in [2.75, 3.05) is 0 Å². The lowest BCUT2D eigenvalue weighted by molar-refractivity contribution is -0.147. The number of nitrogens with zero attached hydrogens (tertiary/aromatic N) is 1. The van der Waals surface area contributed by atoms with Gasteiger partial charge >= 0.3 is 12.1 Å². The Morgan fingerprint density at radius 2 is 1.68 bits per heavy atom. The van der Waals surface area contributed by atoms with E-state index in [-0.39, 0.29) is 17.7 Å². The van der Waals surface area contributed by atoms with Crippen molar-refractivity contribution in [2.24, 2.45) is 0 Å². The molecule has 2 atom stereocenters. The van der Waals surface area contributed by atoms with Crippen LogP contribution in [0.15, 0.2) is 66.7 Å². The zero-order valence-corrected chi connectivity index (χ0v) is 21.5. The third-order valence-electron chi connectivity index (χ3n) is 7.41. The molecule has 1 aliphatic carbocycles. The minimum atomic E-state index is -4.41. The maximum absolute atomic E-state index is 13.8.